The first-order valence-electron chi connectivity index (χ1n) is 9.28. The molecule has 0 aliphatic heterocycles. The van der Waals surface area contributed by atoms with Gasteiger partial charge in [-0.25, -0.2) is 0 Å². The first-order valence-corrected chi connectivity index (χ1v) is 9.28. The van der Waals surface area contributed by atoms with Crippen molar-refractivity contribution in [1.82, 2.24) is 0 Å². The molecule has 4 heteroatoms. The summed E-state index contributed by atoms with van der Waals surface area (Å²) < 4.78 is 5.42. The smallest absolute Gasteiger partial charge is 0.248 e. The SMILES string of the molecule is CCOc1ccc(/C=C/C(=O)Nc2ccccc2Nc2ccc(C)cc2)cc1. The fourth-order valence-electron chi connectivity index (χ4n) is 2.68. The maximum Gasteiger partial charge on any atom is 0.248 e. The van der Waals surface area contributed by atoms with Crippen LogP contribution < -0.4 is 15.4 Å². The Morgan fingerprint density at radius 3 is 2.29 bits per heavy atom. The van der Waals surface area contributed by atoms with E-state index in [1.54, 1.807) is 6.08 Å². The fraction of sp³-hybridized carbons (Fsp3) is 0.125. The van der Waals surface area contributed by atoms with Crippen molar-refractivity contribution in [2.24, 2.45) is 0 Å². The molecule has 3 aromatic rings. The number of amides is 1. The van der Waals surface area contributed by atoms with Crippen molar-refractivity contribution in [3.63, 3.8) is 0 Å². The van der Waals surface area contributed by atoms with Crippen molar-refractivity contribution < 1.29 is 9.53 Å². The van der Waals surface area contributed by atoms with Crippen LogP contribution in [0.4, 0.5) is 17.1 Å². The lowest BCUT2D eigenvalue weighted by Crippen LogP contribution is -2.09. The molecule has 3 aromatic carbocycles. The lowest BCUT2D eigenvalue weighted by molar-refractivity contribution is -0.111. The van der Waals surface area contributed by atoms with Gasteiger partial charge in [0, 0.05) is 11.8 Å². The molecular formula is C24H24N2O2. The van der Waals surface area contributed by atoms with Gasteiger partial charge in [0.25, 0.3) is 0 Å². The molecule has 142 valence electrons. The number of benzene rings is 3. The van der Waals surface area contributed by atoms with Crippen LogP contribution in [-0.2, 0) is 4.79 Å². The lowest BCUT2D eigenvalue weighted by atomic mass is 10.2. The Balaban J connectivity index is 1.66. The molecule has 4 nitrogen and oxygen atoms in total. The monoisotopic (exact) mass is 372 g/mol. The average Bonchev–Trinajstić information content (AvgIpc) is 2.71. The standard InChI is InChI=1S/C24H24N2O2/c1-3-28-21-15-10-19(11-16-21)12-17-24(27)26-23-7-5-4-6-22(23)25-20-13-8-18(2)9-14-20/h4-17,25H,3H2,1-2H3,(H,26,27)/b17-12+. The molecule has 0 fully saturated rings. The summed E-state index contributed by atoms with van der Waals surface area (Å²) in [6.45, 7) is 4.63. The molecule has 0 saturated carbocycles. The van der Waals surface area contributed by atoms with Crippen LogP contribution in [0.15, 0.2) is 78.9 Å². The molecule has 0 aliphatic carbocycles. The summed E-state index contributed by atoms with van der Waals surface area (Å²) in [6.07, 6.45) is 3.30. The van der Waals surface area contributed by atoms with Gasteiger partial charge in [0.1, 0.15) is 5.75 Å². The Morgan fingerprint density at radius 1 is 0.929 bits per heavy atom. The van der Waals surface area contributed by atoms with Crippen molar-refractivity contribution in [3.05, 3.63) is 90.0 Å². The third-order valence-electron chi connectivity index (χ3n) is 4.13. The second-order valence-electron chi connectivity index (χ2n) is 6.36. The molecule has 0 saturated heterocycles. The van der Waals surface area contributed by atoms with Crippen LogP contribution in [0, 0.1) is 6.92 Å². The average molecular weight is 372 g/mol. The highest BCUT2D eigenvalue weighted by Crippen LogP contribution is 2.25. The van der Waals surface area contributed by atoms with Crippen molar-refractivity contribution >= 4 is 29.0 Å². The summed E-state index contributed by atoms with van der Waals surface area (Å²) in [7, 11) is 0. The van der Waals surface area contributed by atoms with Gasteiger partial charge >= 0.3 is 0 Å². The molecule has 0 radical (unpaired) electrons. The van der Waals surface area contributed by atoms with E-state index in [9.17, 15) is 4.79 Å². The van der Waals surface area contributed by atoms with Gasteiger partial charge in [-0.2, -0.15) is 0 Å². The van der Waals surface area contributed by atoms with E-state index in [-0.39, 0.29) is 5.91 Å². The number of carbonyl (C=O) groups excluding carboxylic acids is 1. The Hall–Kier alpha value is -3.53. The summed E-state index contributed by atoms with van der Waals surface area (Å²) in [5.41, 5.74) is 4.67. The maximum absolute atomic E-state index is 12.4. The number of aryl methyl sites for hydroxylation is 1. The number of carbonyl (C=O) groups is 1. The van der Waals surface area contributed by atoms with Crippen LogP contribution in [-0.4, -0.2) is 12.5 Å². The molecule has 0 aliphatic rings. The minimum absolute atomic E-state index is 0.188. The van der Waals surface area contributed by atoms with Gasteiger partial charge in [0.15, 0.2) is 0 Å². The van der Waals surface area contributed by atoms with Gasteiger partial charge in [-0.1, -0.05) is 42.0 Å². The van der Waals surface area contributed by atoms with Gasteiger partial charge < -0.3 is 15.4 Å². The summed E-state index contributed by atoms with van der Waals surface area (Å²) in [5, 5.41) is 6.28. The molecule has 0 heterocycles. The largest absolute Gasteiger partial charge is 0.494 e. The van der Waals surface area contributed by atoms with Crippen LogP contribution >= 0.6 is 0 Å². The molecular weight excluding hydrogens is 348 g/mol. The zero-order valence-electron chi connectivity index (χ0n) is 16.1. The number of hydrogen-bond acceptors (Lipinski definition) is 3. The van der Waals surface area contributed by atoms with Gasteiger partial charge in [-0.05, 0) is 61.9 Å². The third kappa shape index (κ3) is 5.48. The number of ether oxygens (including phenoxy) is 1. The van der Waals surface area contributed by atoms with Crippen molar-refractivity contribution in [3.8, 4) is 5.75 Å². The van der Waals surface area contributed by atoms with Crippen LogP contribution in [0.1, 0.15) is 18.1 Å². The van der Waals surface area contributed by atoms with E-state index < -0.39 is 0 Å². The number of hydrogen-bond donors (Lipinski definition) is 2. The zero-order valence-corrected chi connectivity index (χ0v) is 16.1. The normalized spacial score (nSPS) is 10.6. The van der Waals surface area contributed by atoms with E-state index in [2.05, 4.69) is 17.6 Å². The van der Waals surface area contributed by atoms with Gasteiger partial charge in [0.2, 0.25) is 5.91 Å². The van der Waals surface area contributed by atoms with Gasteiger partial charge in [0.05, 0.1) is 18.0 Å². The second kappa shape index (κ2) is 9.42. The molecule has 0 spiro atoms. The van der Waals surface area contributed by atoms with Crippen LogP contribution in [0.25, 0.3) is 6.08 Å². The Kier molecular flexibility index (Phi) is 6.47. The Bertz CT molecular complexity index is 945. The topological polar surface area (TPSA) is 50.4 Å². The Labute approximate surface area is 165 Å². The predicted octanol–water partition coefficient (Wildman–Crippen LogP) is 5.79. The summed E-state index contributed by atoms with van der Waals surface area (Å²) in [5.74, 6) is 0.632. The highest BCUT2D eigenvalue weighted by atomic mass is 16.5. The zero-order chi connectivity index (χ0) is 19.8. The van der Waals surface area contributed by atoms with Crippen molar-refractivity contribution in [2.75, 3.05) is 17.2 Å². The summed E-state index contributed by atoms with van der Waals surface area (Å²) in [4.78, 5) is 12.4. The molecule has 28 heavy (non-hydrogen) atoms. The van der Waals surface area contributed by atoms with E-state index in [0.717, 1.165) is 28.4 Å². The summed E-state index contributed by atoms with van der Waals surface area (Å²) >= 11 is 0. The Morgan fingerprint density at radius 2 is 1.61 bits per heavy atom. The van der Waals surface area contributed by atoms with E-state index in [1.165, 1.54) is 11.6 Å². The number of rotatable bonds is 7. The molecule has 0 unspecified atom stereocenters. The third-order valence-corrected chi connectivity index (χ3v) is 4.13. The van der Waals surface area contributed by atoms with E-state index in [4.69, 9.17) is 4.74 Å². The highest BCUT2D eigenvalue weighted by Gasteiger charge is 2.05. The lowest BCUT2D eigenvalue weighted by Gasteiger charge is -2.12. The molecule has 0 atom stereocenters. The fourth-order valence-corrected chi connectivity index (χ4v) is 2.68. The van der Waals surface area contributed by atoms with E-state index in [0.29, 0.717) is 6.61 Å². The highest BCUT2D eigenvalue weighted by molar-refractivity contribution is 6.04. The number of nitrogens with one attached hydrogen (secondary N) is 2. The minimum Gasteiger partial charge on any atom is -0.494 e. The number of para-hydroxylation sites is 2. The molecule has 0 aromatic heterocycles. The van der Waals surface area contributed by atoms with E-state index >= 15 is 0 Å². The van der Waals surface area contributed by atoms with Crippen LogP contribution in [0.5, 0.6) is 5.75 Å². The molecule has 2 N–H and O–H groups in total. The van der Waals surface area contributed by atoms with Gasteiger partial charge in [-0.15, -0.1) is 0 Å². The van der Waals surface area contributed by atoms with Crippen molar-refractivity contribution in [1.29, 1.82) is 0 Å². The summed E-state index contributed by atoms with van der Waals surface area (Å²) in [6, 6.07) is 23.4. The predicted molar refractivity (Wildman–Crippen MR) is 116 cm³/mol. The van der Waals surface area contributed by atoms with Crippen LogP contribution in [0.2, 0.25) is 0 Å². The maximum atomic E-state index is 12.4. The minimum atomic E-state index is -0.188. The van der Waals surface area contributed by atoms with E-state index in [1.807, 2.05) is 79.7 Å². The van der Waals surface area contributed by atoms with Crippen molar-refractivity contribution in [2.45, 2.75) is 13.8 Å². The van der Waals surface area contributed by atoms with Crippen LogP contribution in [0.3, 0.4) is 0 Å². The number of anilines is 3. The van der Waals surface area contributed by atoms with Gasteiger partial charge in [-0.3, -0.25) is 4.79 Å². The second-order valence-corrected chi connectivity index (χ2v) is 6.36. The molecule has 1 amide bonds. The molecule has 0 bridgehead atoms. The molecule has 3 rings (SSSR count). The first-order chi connectivity index (χ1) is 13.6. The quantitative estimate of drug-likeness (QED) is 0.516. The first kappa shape index (κ1) is 19.2.